The fourth-order valence-electron chi connectivity index (χ4n) is 3.45. The Morgan fingerprint density at radius 2 is 1.56 bits per heavy atom. The van der Waals surface area contributed by atoms with E-state index in [1.807, 2.05) is 0 Å². The second-order valence-corrected chi connectivity index (χ2v) is 12.1. The van der Waals surface area contributed by atoms with E-state index in [0.29, 0.717) is 27.9 Å². The number of sulfonamides is 1. The molecule has 0 bridgehead atoms. The van der Waals surface area contributed by atoms with E-state index in [1.54, 1.807) is 18.2 Å². The summed E-state index contributed by atoms with van der Waals surface area (Å²) in [4.78, 5) is 6.95. The summed E-state index contributed by atoms with van der Waals surface area (Å²) in [7, 11) is -9.38. The van der Waals surface area contributed by atoms with Crippen LogP contribution in [0, 0.1) is 0 Å². The van der Waals surface area contributed by atoms with Crippen molar-refractivity contribution >= 4 is 72.5 Å². The number of nitrogen functional groups attached to an aromatic ring is 2. The smallest absolute Gasteiger partial charge is 0.332 e. The number of nitrogens with two attached hydrogens (primary N) is 2. The molecule has 4 aromatic rings. The van der Waals surface area contributed by atoms with Gasteiger partial charge in [-0.2, -0.15) is 13.4 Å². The SMILES string of the molecule is Nc1nc(N)c(-c2ccc(Cl)c(Cl)c2)c(COc2ccc(NS(=O)(=O)c3cccc(S(=O)(=O)F)c3)cc2Cl)n1. The number of aromatic nitrogens is 2. The number of nitrogens with one attached hydrogen (secondary N) is 1. The second kappa shape index (κ2) is 11.0. The van der Waals surface area contributed by atoms with Crippen molar-refractivity contribution in [3.05, 3.63) is 81.4 Å². The second-order valence-electron chi connectivity index (χ2n) is 7.87. The molecular weight excluding hydrogens is 616 g/mol. The Morgan fingerprint density at radius 3 is 2.23 bits per heavy atom. The van der Waals surface area contributed by atoms with Gasteiger partial charge in [-0.1, -0.05) is 46.9 Å². The molecule has 0 radical (unpaired) electrons. The first-order valence-electron chi connectivity index (χ1n) is 10.6. The Morgan fingerprint density at radius 1 is 0.846 bits per heavy atom. The molecule has 39 heavy (non-hydrogen) atoms. The number of benzene rings is 3. The average Bonchev–Trinajstić information content (AvgIpc) is 2.84. The first-order chi connectivity index (χ1) is 18.2. The van der Waals surface area contributed by atoms with Crippen LogP contribution in [0.1, 0.15) is 5.69 Å². The van der Waals surface area contributed by atoms with Crippen molar-refractivity contribution in [1.29, 1.82) is 0 Å². The van der Waals surface area contributed by atoms with Crippen LogP contribution in [0.5, 0.6) is 5.75 Å². The molecule has 204 valence electrons. The maximum absolute atomic E-state index is 13.3. The molecule has 0 fully saturated rings. The van der Waals surface area contributed by atoms with E-state index in [-0.39, 0.29) is 39.9 Å². The summed E-state index contributed by atoms with van der Waals surface area (Å²) in [5, 5.41) is 0.661. The van der Waals surface area contributed by atoms with Crippen molar-refractivity contribution in [3.8, 4) is 16.9 Å². The largest absolute Gasteiger partial charge is 0.486 e. The molecule has 1 aromatic heterocycles. The van der Waals surface area contributed by atoms with Crippen LogP contribution >= 0.6 is 34.8 Å². The Labute approximate surface area is 238 Å². The molecule has 5 N–H and O–H groups in total. The molecule has 0 aliphatic rings. The highest BCUT2D eigenvalue weighted by molar-refractivity contribution is 7.92. The minimum Gasteiger partial charge on any atom is -0.486 e. The first kappa shape index (κ1) is 28.6. The number of nitrogens with zero attached hydrogens (tertiary/aromatic N) is 2. The molecule has 16 heteroatoms. The molecule has 0 unspecified atom stereocenters. The molecule has 0 saturated heterocycles. The normalized spacial score (nSPS) is 11.8. The van der Waals surface area contributed by atoms with Crippen LogP contribution in [0.3, 0.4) is 0 Å². The van der Waals surface area contributed by atoms with Gasteiger partial charge in [0.25, 0.3) is 10.0 Å². The number of anilines is 3. The number of halogens is 4. The van der Waals surface area contributed by atoms with E-state index in [4.69, 9.17) is 51.0 Å². The third kappa shape index (κ3) is 6.62. The summed E-state index contributed by atoms with van der Waals surface area (Å²) in [6.07, 6.45) is 0. The standard InChI is InChI=1S/C23H17Cl3FN5O5S2/c24-16-6-4-12(8-17(16)25)21-19(30-23(29)31-22(21)28)11-37-20-7-5-13(9-18(20)26)32-39(35,36)15-3-1-2-14(10-15)38(27,33)34/h1-10,32H,11H2,(H4,28,29,30,31). The first-order valence-corrected chi connectivity index (χ1v) is 14.6. The number of hydrogen-bond acceptors (Lipinski definition) is 9. The lowest BCUT2D eigenvalue weighted by Gasteiger charge is -2.15. The lowest BCUT2D eigenvalue weighted by atomic mass is 10.0. The van der Waals surface area contributed by atoms with E-state index in [1.165, 1.54) is 18.2 Å². The zero-order valence-electron chi connectivity index (χ0n) is 19.4. The highest BCUT2D eigenvalue weighted by atomic mass is 35.5. The molecular formula is C23H17Cl3FN5O5S2. The summed E-state index contributed by atoms with van der Waals surface area (Å²) in [6, 6.07) is 12.7. The van der Waals surface area contributed by atoms with Gasteiger partial charge in [-0.05, 0) is 54.1 Å². The van der Waals surface area contributed by atoms with Crippen LogP contribution in [0.2, 0.25) is 15.1 Å². The molecule has 0 saturated carbocycles. The molecule has 0 amide bonds. The monoisotopic (exact) mass is 631 g/mol. The summed E-state index contributed by atoms with van der Waals surface area (Å²) >= 11 is 18.5. The average molecular weight is 633 g/mol. The maximum atomic E-state index is 13.3. The Balaban J connectivity index is 1.56. The zero-order valence-corrected chi connectivity index (χ0v) is 23.3. The highest BCUT2D eigenvalue weighted by Gasteiger charge is 2.20. The minimum absolute atomic E-state index is 0.0291. The molecule has 4 rings (SSSR count). The fourth-order valence-corrected chi connectivity index (χ4v) is 5.66. The molecule has 0 aliphatic heterocycles. The van der Waals surface area contributed by atoms with Crippen molar-refractivity contribution in [2.75, 3.05) is 16.2 Å². The molecule has 0 atom stereocenters. The quantitative estimate of drug-likeness (QED) is 0.218. The summed E-state index contributed by atoms with van der Waals surface area (Å²) in [5.41, 5.74) is 13.2. The predicted molar refractivity (Wildman–Crippen MR) is 148 cm³/mol. The Bertz CT molecular complexity index is 1810. The van der Waals surface area contributed by atoms with E-state index >= 15 is 0 Å². The van der Waals surface area contributed by atoms with Gasteiger partial charge in [0, 0.05) is 5.56 Å². The van der Waals surface area contributed by atoms with Crippen molar-refractivity contribution < 1.29 is 25.5 Å². The third-order valence-electron chi connectivity index (χ3n) is 5.18. The lowest BCUT2D eigenvalue weighted by Crippen LogP contribution is -2.13. The third-order valence-corrected chi connectivity index (χ3v) is 8.41. The molecule has 0 aliphatic carbocycles. The summed E-state index contributed by atoms with van der Waals surface area (Å²) in [5.74, 6) is 0.163. The van der Waals surface area contributed by atoms with Crippen molar-refractivity contribution in [2.45, 2.75) is 16.4 Å². The van der Waals surface area contributed by atoms with Gasteiger partial charge in [0.1, 0.15) is 18.2 Å². The molecule has 1 heterocycles. The van der Waals surface area contributed by atoms with Crippen LogP contribution in [0.4, 0.5) is 21.3 Å². The van der Waals surface area contributed by atoms with Gasteiger partial charge in [-0.3, -0.25) is 4.72 Å². The lowest BCUT2D eigenvalue weighted by molar-refractivity contribution is 0.302. The van der Waals surface area contributed by atoms with Gasteiger partial charge < -0.3 is 16.2 Å². The van der Waals surface area contributed by atoms with Gasteiger partial charge in [0.15, 0.2) is 0 Å². The van der Waals surface area contributed by atoms with Crippen LogP contribution in [0.15, 0.2) is 70.5 Å². The van der Waals surface area contributed by atoms with E-state index in [2.05, 4.69) is 14.7 Å². The molecule has 10 nitrogen and oxygen atoms in total. The van der Waals surface area contributed by atoms with Crippen molar-refractivity contribution in [1.82, 2.24) is 9.97 Å². The van der Waals surface area contributed by atoms with Gasteiger partial charge in [-0.25, -0.2) is 13.4 Å². The summed E-state index contributed by atoms with van der Waals surface area (Å²) in [6.45, 7) is -0.151. The molecule has 3 aromatic carbocycles. The highest BCUT2D eigenvalue weighted by Crippen LogP contribution is 2.35. The Hall–Kier alpha value is -3.36. The minimum atomic E-state index is -5.10. The Kier molecular flexibility index (Phi) is 8.09. The summed E-state index contributed by atoms with van der Waals surface area (Å²) < 4.78 is 69.0. The van der Waals surface area contributed by atoms with Gasteiger partial charge in [-0.15, -0.1) is 3.89 Å². The van der Waals surface area contributed by atoms with Crippen LogP contribution in [-0.2, 0) is 26.9 Å². The maximum Gasteiger partial charge on any atom is 0.332 e. The number of hydrogen-bond donors (Lipinski definition) is 3. The van der Waals surface area contributed by atoms with Crippen LogP contribution in [-0.4, -0.2) is 26.8 Å². The van der Waals surface area contributed by atoms with Gasteiger partial charge >= 0.3 is 10.2 Å². The predicted octanol–water partition coefficient (Wildman–Crippen LogP) is 5.31. The van der Waals surface area contributed by atoms with Gasteiger partial charge in [0.05, 0.1) is 36.2 Å². The van der Waals surface area contributed by atoms with Gasteiger partial charge in [0.2, 0.25) is 5.95 Å². The number of rotatable bonds is 8. The van der Waals surface area contributed by atoms with Crippen LogP contribution < -0.4 is 20.9 Å². The van der Waals surface area contributed by atoms with Crippen molar-refractivity contribution in [2.24, 2.45) is 0 Å². The zero-order chi connectivity index (χ0) is 28.5. The van der Waals surface area contributed by atoms with E-state index in [9.17, 15) is 20.7 Å². The fraction of sp³-hybridized carbons (Fsp3) is 0.0435. The van der Waals surface area contributed by atoms with E-state index < -0.39 is 30.0 Å². The number of ether oxygens (including phenoxy) is 1. The topological polar surface area (TPSA) is 167 Å². The van der Waals surface area contributed by atoms with Crippen LogP contribution in [0.25, 0.3) is 11.1 Å². The molecule has 0 spiro atoms. The van der Waals surface area contributed by atoms with Crippen molar-refractivity contribution in [3.63, 3.8) is 0 Å². The van der Waals surface area contributed by atoms with E-state index in [0.717, 1.165) is 18.2 Å².